The van der Waals surface area contributed by atoms with Crippen molar-refractivity contribution >= 4 is 11.6 Å². The van der Waals surface area contributed by atoms with Crippen molar-refractivity contribution in [3.63, 3.8) is 0 Å². The molecule has 3 aromatic rings. The number of H-pyrrole nitrogens is 1. The molecule has 142 valence electrons. The Balaban J connectivity index is 1.67. The van der Waals surface area contributed by atoms with Crippen molar-refractivity contribution in [2.75, 3.05) is 18.5 Å². The zero-order valence-corrected chi connectivity index (χ0v) is 14.4. The van der Waals surface area contributed by atoms with Crippen molar-refractivity contribution in [2.24, 2.45) is 0 Å². The highest BCUT2D eigenvalue weighted by Crippen LogP contribution is 2.32. The highest BCUT2D eigenvalue weighted by Gasteiger charge is 2.18. The van der Waals surface area contributed by atoms with Crippen LogP contribution in [-0.2, 0) is 0 Å². The number of halogens is 1. The smallest absolute Gasteiger partial charge is 0.333 e. The largest absolute Gasteiger partial charge is 0.486 e. The molecule has 2 aromatic carbocycles. The predicted molar refractivity (Wildman–Crippen MR) is 98.0 cm³/mol. The maximum absolute atomic E-state index is 13.1. The fraction of sp³-hybridized carbons (Fsp3) is 0.105. The molecule has 0 saturated heterocycles. The number of anilines is 1. The fourth-order valence-corrected chi connectivity index (χ4v) is 2.78. The minimum absolute atomic E-state index is 0.140. The predicted octanol–water partition coefficient (Wildman–Crippen LogP) is 1.69. The van der Waals surface area contributed by atoms with E-state index in [-0.39, 0.29) is 11.3 Å². The lowest BCUT2D eigenvalue weighted by molar-refractivity contribution is 0.102. The Morgan fingerprint density at radius 3 is 2.50 bits per heavy atom. The molecule has 1 aliphatic heterocycles. The third-order valence-corrected chi connectivity index (χ3v) is 4.11. The topological polar surface area (TPSA) is 102 Å². The van der Waals surface area contributed by atoms with E-state index < -0.39 is 23.0 Å². The van der Waals surface area contributed by atoms with E-state index in [1.54, 1.807) is 18.2 Å². The number of nitrogens with zero attached hydrogens (tertiary/aromatic N) is 1. The van der Waals surface area contributed by atoms with Gasteiger partial charge in [0.05, 0.1) is 5.69 Å². The number of ether oxygens (including phenoxy) is 2. The van der Waals surface area contributed by atoms with Crippen LogP contribution in [0.3, 0.4) is 0 Å². The Bertz CT molecular complexity index is 1170. The average molecular weight is 383 g/mol. The van der Waals surface area contributed by atoms with Crippen LogP contribution < -0.4 is 26.0 Å². The molecule has 0 fully saturated rings. The second kappa shape index (κ2) is 7.03. The number of nitrogens with one attached hydrogen (secondary N) is 2. The molecular formula is C19H14FN3O5. The first-order valence-electron chi connectivity index (χ1n) is 8.34. The SMILES string of the molecule is O=C(Nc1ccc2c(c1)OCCO2)c1c[nH]c(=O)n(-c2ccc(F)cc2)c1=O. The quantitative estimate of drug-likeness (QED) is 0.717. The molecule has 2 N–H and O–H groups in total. The van der Waals surface area contributed by atoms with Gasteiger partial charge in [0.25, 0.3) is 11.5 Å². The molecule has 4 rings (SSSR count). The summed E-state index contributed by atoms with van der Waals surface area (Å²) in [5.41, 5.74) is -1.31. The average Bonchev–Trinajstić information content (AvgIpc) is 2.69. The van der Waals surface area contributed by atoms with E-state index in [0.717, 1.165) is 22.9 Å². The molecule has 0 bridgehead atoms. The second-order valence-electron chi connectivity index (χ2n) is 5.94. The van der Waals surface area contributed by atoms with E-state index in [9.17, 15) is 18.8 Å². The van der Waals surface area contributed by atoms with Gasteiger partial charge in [-0.3, -0.25) is 9.59 Å². The summed E-state index contributed by atoms with van der Waals surface area (Å²) < 4.78 is 24.8. The first-order valence-corrected chi connectivity index (χ1v) is 8.34. The number of aromatic amines is 1. The highest BCUT2D eigenvalue weighted by molar-refractivity contribution is 6.04. The summed E-state index contributed by atoms with van der Waals surface area (Å²) >= 11 is 0. The monoisotopic (exact) mass is 383 g/mol. The molecule has 0 unspecified atom stereocenters. The summed E-state index contributed by atoms with van der Waals surface area (Å²) in [5, 5.41) is 2.59. The normalized spacial score (nSPS) is 12.5. The molecule has 1 aliphatic rings. The number of rotatable bonds is 3. The molecule has 0 spiro atoms. The molecule has 2 heterocycles. The summed E-state index contributed by atoms with van der Waals surface area (Å²) in [7, 11) is 0. The van der Waals surface area contributed by atoms with Crippen LogP contribution in [0.1, 0.15) is 10.4 Å². The van der Waals surface area contributed by atoms with Crippen molar-refractivity contribution in [3.05, 3.63) is 80.9 Å². The number of aromatic nitrogens is 2. The molecule has 0 atom stereocenters. The van der Waals surface area contributed by atoms with Crippen molar-refractivity contribution in [1.29, 1.82) is 0 Å². The van der Waals surface area contributed by atoms with Crippen molar-refractivity contribution < 1.29 is 18.7 Å². The van der Waals surface area contributed by atoms with Crippen molar-refractivity contribution in [1.82, 2.24) is 9.55 Å². The number of carbonyl (C=O) groups excluding carboxylic acids is 1. The summed E-state index contributed by atoms with van der Waals surface area (Å²) in [4.78, 5) is 39.7. The number of benzene rings is 2. The van der Waals surface area contributed by atoms with Crippen LogP contribution >= 0.6 is 0 Å². The molecule has 0 aliphatic carbocycles. The van der Waals surface area contributed by atoms with Gasteiger partial charge in [0.1, 0.15) is 24.6 Å². The molecule has 0 radical (unpaired) electrons. The summed E-state index contributed by atoms with van der Waals surface area (Å²) in [5.74, 6) is -0.185. The lowest BCUT2D eigenvalue weighted by Gasteiger charge is -2.19. The number of hydrogen-bond donors (Lipinski definition) is 2. The molecule has 1 aromatic heterocycles. The lowest BCUT2D eigenvalue weighted by Crippen LogP contribution is -2.38. The lowest BCUT2D eigenvalue weighted by atomic mass is 10.2. The highest BCUT2D eigenvalue weighted by atomic mass is 19.1. The van der Waals surface area contributed by atoms with Crippen molar-refractivity contribution in [2.45, 2.75) is 0 Å². The van der Waals surface area contributed by atoms with Crippen LogP contribution in [-0.4, -0.2) is 28.7 Å². The van der Waals surface area contributed by atoms with Gasteiger partial charge in [-0.15, -0.1) is 0 Å². The van der Waals surface area contributed by atoms with Gasteiger partial charge in [-0.1, -0.05) is 0 Å². The maximum Gasteiger partial charge on any atom is 0.333 e. The Morgan fingerprint density at radius 2 is 1.75 bits per heavy atom. The van der Waals surface area contributed by atoms with Crippen LogP contribution in [0.2, 0.25) is 0 Å². The van der Waals surface area contributed by atoms with Gasteiger partial charge in [-0.2, -0.15) is 0 Å². The van der Waals surface area contributed by atoms with E-state index in [2.05, 4.69) is 10.3 Å². The van der Waals surface area contributed by atoms with E-state index in [1.807, 2.05) is 0 Å². The van der Waals surface area contributed by atoms with E-state index in [0.29, 0.717) is 30.4 Å². The summed E-state index contributed by atoms with van der Waals surface area (Å²) in [6.07, 6.45) is 1.04. The molecule has 8 nitrogen and oxygen atoms in total. The van der Waals surface area contributed by atoms with Crippen LogP contribution in [0.25, 0.3) is 5.69 Å². The van der Waals surface area contributed by atoms with Gasteiger partial charge in [-0.25, -0.2) is 13.8 Å². The van der Waals surface area contributed by atoms with Gasteiger partial charge in [0.2, 0.25) is 0 Å². The molecule has 0 saturated carbocycles. The number of hydrogen-bond acceptors (Lipinski definition) is 5. The van der Waals surface area contributed by atoms with Crippen LogP contribution in [0.4, 0.5) is 10.1 Å². The zero-order chi connectivity index (χ0) is 19.7. The van der Waals surface area contributed by atoms with Gasteiger partial charge in [-0.05, 0) is 36.4 Å². The van der Waals surface area contributed by atoms with E-state index in [4.69, 9.17) is 9.47 Å². The first-order chi connectivity index (χ1) is 13.5. The Hall–Kier alpha value is -3.88. The standard InChI is InChI=1S/C19H14FN3O5/c20-11-1-4-13(5-2-11)23-18(25)14(10-21-19(23)26)17(24)22-12-3-6-15-16(9-12)28-8-7-27-15/h1-6,9-10H,7-8H2,(H,21,26)(H,22,24). The Labute approximate surface area is 157 Å². The van der Waals surface area contributed by atoms with Crippen LogP contribution in [0, 0.1) is 5.82 Å². The van der Waals surface area contributed by atoms with Crippen molar-refractivity contribution in [3.8, 4) is 17.2 Å². The molecule has 28 heavy (non-hydrogen) atoms. The van der Waals surface area contributed by atoms with Gasteiger partial charge >= 0.3 is 5.69 Å². The third-order valence-electron chi connectivity index (χ3n) is 4.11. The van der Waals surface area contributed by atoms with Gasteiger partial charge < -0.3 is 19.8 Å². The number of fused-ring (bicyclic) bond motifs is 1. The summed E-state index contributed by atoms with van der Waals surface area (Å²) in [6.45, 7) is 0.839. The van der Waals surface area contributed by atoms with E-state index >= 15 is 0 Å². The molecule has 1 amide bonds. The van der Waals surface area contributed by atoms with Gasteiger partial charge in [0, 0.05) is 18.0 Å². The number of amides is 1. The minimum atomic E-state index is -0.828. The first kappa shape index (κ1) is 17.5. The minimum Gasteiger partial charge on any atom is -0.486 e. The Kier molecular flexibility index (Phi) is 4.40. The second-order valence-corrected chi connectivity index (χ2v) is 5.94. The van der Waals surface area contributed by atoms with E-state index in [1.165, 1.54) is 12.1 Å². The van der Waals surface area contributed by atoms with Crippen LogP contribution in [0.15, 0.2) is 58.3 Å². The Morgan fingerprint density at radius 1 is 1.04 bits per heavy atom. The van der Waals surface area contributed by atoms with Crippen LogP contribution in [0.5, 0.6) is 11.5 Å². The fourth-order valence-electron chi connectivity index (χ4n) is 2.78. The molecule has 9 heteroatoms. The number of carbonyl (C=O) groups is 1. The third kappa shape index (κ3) is 3.25. The molecular weight excluding hydrogens is 369 g/mol. The summed E-state index contributed by atoms with van der Waals surface area (Å²) in [6, 6.07) is 9.61. The maximum atomic E-state index is 13.1. The zero-order valence-electron chi connectivity index (χ0n) is 14.4. The van der Waals surface area contributed by atoms with Gasteiger partial charge in [0.15, 0.2) is 11.5 Å².